The average Bonchev–Trinajstić information content (AvgIpc) is 2.73. The highest BCUT2D eigenvalue weighted by Crippen LogP contribution is 2.30. The Morgan fingerprint density at radius 1 is 0.588 bits per heavy atom. The number of hydrogen-bond donors (Lipinski definition) is 7. The van der Waals surface area contributed by atoms with Crippen molar-refractivity contribution in [2.24, 2.45) is 69.9 Å². The van der Waals surface area contributed by atoms with Crippen LogP contribution in [0.5, 0.6) is 0 Å². The van der Waals surface area contributed by atoms with E-state index in [1.165, 1.54) is 6.92 Å². The summed E-state index contributed by atoms with van der Waals surface area (Å²) in [5, 5.41) is 2.45. The first kappa shape index (κ1) is 30.8. The van der Waals surface area contributed by atoms with Crippen LogP contribution in [0.2, 0.25) is 0 Å². The van der Waals surface area contributed by atoms with Gasteiger partial charge in [0.25, 0.3) is 0 Å². The summed E-state index contributed by atoms with van der Waals surface area (Å²) in [6.45, 7) is 3.10. The smallest absolute Gasteiger partial charge is 0.224 e. The molecule has 0 saturated carbocycles. The van der Waals surface area contributed by atoms with E-state index in [0.717, 1.165) is 0 Å². The van der Waals surface area contributed by atoms with Crippen molar-refractivity contribution in [1.29, 1.82) is 0 Å². The zero-order valence-electron chi connectivity index (χ0n) is 19.8. The molecule has 0 fully saturated rings. The second-order valence-corrected chi connectivity index (χ2v) is 8.73. The normalized spacial score (nSPS) is 16.3. The standard InChI is InChI=1S/C21H39N7O6/c1-3-11(17(24)30)5-15(21(34)28-9-22)8-14(20(27)33)7-13(19(26)32)6-12(18(25)31)4-10(2)16(23)29/h10-15H,3-9,22H2,1-2H3,(H2,23,29)(H2,24,30)(H2,25,31)(H2,26,32)(H2,27,33)(H,28,34). The van der Waals surface area contributed by atoms with E-state index in [-0.39, 0.29) is 38.8 Å². The molecule has 0 aromatic heterocycles. The van der Waals surface area contributed by atoms with Gasteiger partial charge in [0, 0.05) is 35.5 Å². The first-order valence-electron chi connectivity index (χ1n) is 11.2. The van der Waals surface area contributed by atoms with Crippen molar-refractivity contribution in [3.05, 3.63) is 0 Å². The van der Waals surface area contributed by atoms with Crippen LogP contribution in [0.3, 0.4) is 0 Å². The minimum absolute atomic E-state index is 0.00794. The van der Waals surface area contributed by atoms with Crippen LogP contribution in [0.1, 0.15) is 52.4 Å². The third-order valence-electron chi connectivity index (χ3n) is 6.15. The quantitative estimate of drug-likeness (QED) is 0.103. The van der Waals surface area contributed by atoms with E-state index in [0.29, 0.717) is 6.42 Å². The molecule has 34 heavy (non-hydrogen) atoms. The van der Waals surface area contributed by atoms with Crippen molar-refractivity contribution in [2.45, 2.75) is 52.4 Å². The molecule has 0 aliphatic carbocycles. The molecule has 13 heteroatoms. The molecule has 13 nitrogen and oxygen atoms in total. The molecule has 6 atom stereocenters. The highest BCUT2D eigenvalue weighted by molar-refractivity contribution is 5.84. The first-order chi connectivity index (χ1) is 15.7. The maximum Gasteiger partial charge on any atom is 0.224 e. The van der Waals surface area contributed by atoms with Gasteiger partial charge in [-0.3, -0.25) is 28.8 Å². The van der Waals surface area contributed by atoms with E-state index in [2.05, 4.69) is 5.32 Å². The van der Waals surface area contributed by atoms with Crippen LogP contribution < -0.4 is 39.7 Å². The van der Waals surface area contributed by atoms with Crippen LogP contribution >= 0.6 is 0 Å². The fourth-order valence-electron chi connectivity index (χ4n) is 3.94. The van der Waals surface area contributed by atoms with Gasteiger partial charge in [0.15, 0.2) is 0 Å². The number of carbonyl (C=O) groups is 6. The zero-order valence-corrected chi connectivity index (χ0v) is 19.8. The third-order valence-corrected chi connectivity index (χ3v) is 6.15. The molecule has 0 spiro atoms. The monoisotopic (exact) mass is 485 g/mol. The Balaban J connectivity index is 5.76. The summed E-state index contributed by atoms with van der Waals surface area (Å²) in [6, 6.07) is 0. The lowest BCUT2D eigenvalue weighted by molar-refractivity contribution is -0.129. The van der Waals surface area contributed by atoms with Gasteiger partial charge < -0.3 is 39.7 Å². The molecule has 0 aliphatic heterocycles. The topological polar surface area (TPSA) is 271 Å². The van der Waals surface area contributed by atoms with E-state index < -0.39 is 71.0 Å². The SMILES string of the molecule is CCC(CC(CC(CC(CC(CC(C)C(N)=O)C(N)=O)C(N)=O)C(N)=O)C(=O)NCN)C(N)=O. The number of hydrogen-bond acceptors (Lipinski definition) is 7. The predicted octanol–water partition coefficient (Wildman–Crippen LogP) is -2.48. The number of amides is 6. The molecular formula is C21H39N7O6. The molecule has 0 saturated heterocycles. The van der Waals surface area contributed by atoms with Gasteiger partial charge in [-0.2, -0.15) is 0 Å². The second-order valence-electron chi connectivity index (χ2n) is 8.73. The van der Waals surface area contributed by atoms with Gasteiger partial charge in [-0.25, -0.2) is 0 Å². The van der Waals surface area contributed by atoms with E-state index in [1.807, 2.05) is 0 Å². The Kier molecular flexibility index (Phi) is 13.4. The molecule has 194 valence electrons. The number of primary amides is 5. The number of nitrogens with two attached hydrogens (primary N) is 6. The summed E-state index contributed by atoms with van der Waals surface area (Å²) in [7, 11) is 0. The highest BCUT2D eigenvalue weighted by Gasteiger charge is 2.34. The van der Waals surface area contributed by atoms with Crippen molar-refractivity contribution in [3.8, 4) is 0 Å². The molecule has 0 aliphatic rings. The molecule has 0 heterocycles. The summed E-state index contributed by atoms with van der Waals surface area (Å²) < 4.78 is 0. The fourth-order valence-corrected chi connectivity index (χ4v) is 3.94. The van der Waals surface area contributed by atoms with Crippen LogP contribution in [-0.2, 0) is 28.8 Å². The third kappa shape index (κ3) is 10.6. The minimum atomic E-state index is -0.994. The molecular weight excluding hydrogens is 446 g/mol. The predicted molar refractivity (Wildman–Crippen MR) is 123 cm³/mol. The summed E-state index contributed by atoms with van der Waals surface area (Å²) in [5.74, 6) is -9.07. The lowest BCUT2D eigenvalue weighted by Crippen LogP contribution is -2.40. The zero-order chi connectivity index (χ0) is 26.6. The Morgan fingerprint density at radius 2 is 0.941 bits per heavy atom. The molecule has 0 rings (SSSR count). The summed E-state index contributed by atoms with van der Waals surface area (Å²) in [5.41, 5.74) is 32.5. The van der Waals surface area contributed by atoms with Gasteiger partial charge in [0.2, 0.25) is 35.4 Å². The Morgan fingerprint density at radius 3 is 1.26 bits per heavy atom. The van der Waals surface area contributed by atoms with E-state index in [9.17, 15) is 28.8 Å². The maximum absolute atomic E-state index is 12.6. The van der Waals surface area contributed by atoms with Gasteiger partial charge >= 0.3 is 0 Å². The minimum Gasteiger partial charge on any atom is -0.369 e. The lowest BCUT2D eigenvalue weighted by Gasteiger charge is -2.27. The number of rotatable bonds is 18. The lowest BCUT2D eigenvalue weighted by atomic mass is 9.78. The van der Waals surface area contributed by atoms with Crippen LogP contribution in [0.15, 0.2) is 0 Å². The van der Waals surface area contributed by atoms with Gasteiger partial charge in [-0.15, -0.1) is 0 Å². The molecule has 13 N–H and O–H groups in total. The highest BCUT2D eigenvalue weighted by atomic mass is 16.2. The average molecular weight is 486 g/mol. The Labute approximate surface area is 199 Å². The summed E-state index contributed by atoms with van der Waals surface area (Å²) >= 11 is 0. The molecule has 0 aromatic carbocycles. The largest absolute Gasteiger partial charge is 0.369 e. The number of nitrogens with one attached hydrogen (secondary N) is 1. The van der Waals surface area contributed by atoms with Crippen molar-refractivity contribution in [3.63, 3.8) is 0 Å². The Hall–Kier alpha value is -3.22. The molecule has 0 aromatic rings. The van der Waals surface area contributed by atoms with Crippen LogP contribution in [0.25, 0.3) is 0 Å². The second kappa shape index (κ2) is 14.8. The molecule has 0 radical (unpaired) electrons. The van der Waals surface area contributed by atoms with E-state index in [1.54, 1.807) is 6.92 Å². The van der Waals surface area contributed by atoms with Gasteiger partial charge in [-0.1, -0.05) is 13.8 Å². The van der Waals surface area contributed by atoms with Crippen LogP contribution in [0, 0.1) is 35.5 Å². The Bertz CT molecular complexity index is 760. The van der Waals surface area contributed by atoms with Crippen molar-refractivity contribution in [1.82, 2.24) is 5.32 Å². The van der Waals surface area contributed by atoms with Crippen LogP contribution in [-0.4, -0.2) is 42.1 Å². The summed E-state index contributed by atoms with van der Waals surface area (Å²) in [6.07, 6.45) is 0.0827. The van der Waals surface area contributed by atoms with Crippen LogP contribution in [0.4, 0.5) is 0 Å². The summed E-state index contributed by atoms with van der Waals surface area (Å²) in [4.78, 5) is 71.9. The first-order valence-corrected chi connectivity index (χ1v) is 11.2. The van der Waals surface area contributed by atoms with E-state index >= 15 is 0 Å². The molecule has 6 unspecified atom stereocenters. The van der Waals surface area contributed by atoms with Gasteiger partial charge in [0.1, 0.15) is 0 Å². The van der Waals surface area contributed by atoms with Gasteiger partial charge in [0.05, 0.1) is 6.67 Å². The number of carbonyl (C=O) groups excluding carboxylic acids is 6. The van der Waals surface area contributed by atoms with Crippen molar-refractivity contribution < 1.29 is 28.8 Å². The molecule has 6 amide bonds. The van der Waals surface area contributed by atoms with Crippen molar-refractivity contribution >= 4 is 35.4 Å². The fraction of sp³-hybridized carbons (Fsp3) is 0.714. The maximum atomic E-state index is 12.6. The van der Waals surface area contributed by atoms with E-state index in [4.69, 9.17) is 34.4 Å². The molecule has 0 bridgehead atoms. The van der Waals surface area contributed by atoms with Gasteiger partial charge in [-0.05, 0) is 38.5 Å². The van der Waals surface area contributed by atoms with Crippen molar-refractivity contribution in [2.75, 3.05) is 6.67 Å².